The normalized spacial score (nSPS) is 27.3. The van der Waals surface area contributed by atoms with Gasteiger partial charge < -0.3 is 5.11 Å². The van der Waals surface area contributed by atoms with Gasteiger partial charge in [0.2, 0.25) is 0 Å². The molecule has 1 aliphatic rings. The van der Waals surface area contributed by atoms with Crippen LogP contribution in [-0.2, 0) is 0 Å². The Morgan fingerprint density at radius 2 is 1.28 bits per heavy atom. The summed E-state index contributed by atoms with van der Waals surface area (Å²) in [6.07, 6.45) is 1.77. The topological polar surface area (TPSA) is 20.2 Å². The molecule has 0 aromatic heterocycles. The molecular weight excluding hydrogens is 220 g/mol. The monoisotopic (exact) mass is 238 g/mol. The molecule has 1 N–H and O–H groups in total. The first-order valence-corrected chi connectivity index (χ1v) is 6.64. The SMILES string of the molecule is OC1CC[C@@H](c2ccccc2)[C@@H]1c1ccccc1. The van der Waals surface area contributed by atoms with E-state index in [9.17, 15) is 5.11 Å². The number of hydrogen-bond acceptors (Lipinski definition) is 1. The summed E-state index contributed by atoms with van der Waals surface area (Å²) in [5.74, 6) is 0.692. The maximum Gasteiger partial charge on any atom is 0.0614 e. The predicted molar refractivity (Wildman–Crippen MR) is 73.6 cm³/mol. The lowest BCUT2D eigenvalue weighted by atomic mass is 9.83. The van der Waals surface area contributed by atoms with Crippen LogP contribution in [0.2, 0.25) is 0 Å². The molecule has 0 radical (unpaired) electrons. The summed E-state index contributed by atoms with van der Waals surface area (Å²) in [5.41, 5.74) is 2.61. The van der Waals surface area contributed by atoms with E-state index in [1.165, 1.54) is 11.1 Å². The van der Waals surface area contributed by atoms with Crippen molar-refractivity contribution >= 4 is 0 Å². The second-order valence-corrected chi connectivity index (χ2v) is 5.10. The van der Waals surface area contributed by atoms with E-state index in [-0.39, 0.29) is 12.0 Å². The molecule has 0 amide bonds. The number of aliphatic hydroxyl groups excluding tert-OH is 1. The highest BCUT2D eigenvalue weighted by atomic mass is 16.3. The first-order chi connectivity index (χ1) is 8.86. The fraction of sp³-hybridized carbons (Fsp3) is 0.294. The standard InChI is InChI=1S/C17H18O/c18-16-12-11-15(13-7-3-1-4-8-13)17(16)14-9-5-2-6-10-14/h1-10,15-18H,11-12H2/t15-,16?,17-/m0/s1. The summed E-state index contributed by atoms with van der Waals surface area (Å²) in [5, 5.41) is 10.3. The molecule has 1 fully saturated rings. The highest BCUT2D eigenvalue weighted by Gasteiger charge is 2.36. The van der Waals surface area contributed by atoms with E-state index in [1.807, 2.05) is 12.1 Å². The lowest BCUT2D eigenvalue weighted by molar-refractivity contribution is 0.160. The van der Waals surface area contributed by atoms with E-state index in [0.717, 1.165) is 12.8 Å². The Morgan fingerprint density at radius 3 is 1.89 bits per heavy atom. The molecular formula is C17H18O. The minimum absolute atomic E-state index is 0.211. The third-order valence-electron chi connectivity index (χ3n) is 4.03. The molecule has 1 heteroatoms. The number of rotatable bonds is 2. The van der Waals surface area contributed by atoms with Gasteiger partial charge in [-0.2, -0.15) is 0 Å². The molecule has 3 atom stereocenters. The molecule has 2 aromatic rings. The largest absolute Gasteiger partial charge is 0.392 e. The molecule has 0 heterocycles. The Labute approximate surface area is 108 Å². The van der Waals surface area contributed by atoms with Gasteiger partial charge in [-0.1, -0.05) is 60.7 Å². The van der Waals surface area contributed by atoms with Crippen LogP contribution < -0.4 is 0 Å². The summed E-state index contributed by atoms with van der Waals surface area (Å²) >= 11 is 0. The van der Waals surface area contributed by atoms with Gasteiger partial charge in [-0.25, -0.2) is 0 Å². The van der Waals surface area contributed by atoms with Crippen LogP contribution in [0.25, 0.3) is 0 Å². The maximum absolute atomic E-state index is 10.3. The van der Waals surface area contributed by atoms with Gasteiger partial charge in [0.05, 0.1) is 6.10 Å². The zero-order valence-corrected chi connectivity index (χ0v) is 10.4. The van der Waals surface area contributed by atoms with Crippen LogP contribution in [-0.4, -0.2) is 11.2 Å². The van der Waals surface area contributed by atoms with Crippen molar-refractivity contribution in [1.29, 1.82) is 0 Å². The Balaban J connectivity index is 1.96. The van der Waals surface area contributed by atoms with Gasteiger partial charge in [-0.3, -0.25) is 0 Å². The van der Waals surface area contributed by atoms with Crippen LogP contribution in [0.5, 0.6) is 0 Å². The molecule has 0 bridgehead atoms. The Kier molecular flexibility index (Phi) is 3.16. The minimum atomic E-state index is -0.211. The lowest BCUT2D eigenvalue weighted by Crippen LogP contribution is -2.15. The van der Waals surface area contributed by atoms with Crippen molar-refractivity contribution in [2.45, 2.75) is 30.8 Å². The molecule has 1 saturated carbocycles. The molecule has 0 saturated heterocycles. The smallest absolute Gasteiger partial charge is 0.0614 e. The molecule has 92 valence electrons. The Morgan fingerprint density at radius 1 is 0.722 bits per heavy atom. The number of hydrogen-bond donors (Lipinski definition) is 1. The van der Waals surface area contributed by atoms with E-state index >= 15 is 0 Å². The molecule has 0 spiro atoms. The first kappa shape index (κ1) is 11.5. The third kappa shape index (κ3) is 2.06. The number of aliphatic hydroxyl groups is 1. The van der Waals surface area contributed by atoms with Crippen LogP contribution in [0.15, 0.2) is 60.7 Å². The third-order valence-corrected chi connectivity index (χ3v) is 4.03. The van der Waals surface area contributed by atoms with Gasteiger partial charge >= 0.3 is 0 Å². The average Bonchev–Trinajstić information content (AvgIpc) is 2.83. The average molecular weight is 238 g/mol. The van der Waals surface area contributed by atoms with Crippen LogP contribution in [0.3, 0.4) is 0 Å². The summed E-state index contributed by atoms with van der Waals surface area (Å²) in [6.45, 7) is 0. The fourth-order valence-corrected chi connectivity index (χ4v) is 3.18. The molecule has 2 aromatic carbocycles. The van der Waals surface area contributed by atoms with Crippen LogP contribution in [0, 0.1) is 0 Å². The fourth-order valence-electron chi connectivity index (χ4n) is 3.18. The van der Waals surface area contributed by atoms with Crippen molar-refractivity contribution in [2.24, 2.45) is 0 Å². The zero-order valence-electron chi connectivity index (χ0n) is 10.4. The Hall–Kier alpha value is -1.60. The quantitative estimate of drug-likeness (QED) is 0.845. The lowest BCUT2D eigenvalue weighted by Gasteiger charge is -2.23. The highest BCUT2D eigenvalue weighted by molar-refractivity contribution is 5.31. The van der Waals surface area contributed by atoms with Gasteiger partial charge in [0.1, 0.15) is 0 Å². The molecule has 18 heavy (non-hydrogen) atoms. The molecule has 1 nitrogen and oxygen atoms in total. The van der Waals surface area contributed by atoms with Crippen molar-refractivity contribution in [1.82, 2.24) is 0 Å². The van der Waals surface area contributed by atoms with E-state index in [0.29, 0.717) is 5.92 Å². The molecule has 0 aliphatic heterocycles. The van der Waals surface area contributed by atoms with Crippen molar-refractivity contribution in [3.05, 3.63) is 71.8 Å². The van der Waals surface area contributed by atoms with Gasteiger partial charge in [0.25, 0.3) is 0 Å². The minimum Gasteiger partial charge on any atom is -0.392 e. The van der Waals surface area contributed by atoms with Crippen molar-refractivity contribution < 1.29 is 5.11 Å². The zero-order chi connectivity index (χ0) is 12.4. The highest BCUT2D eigenvalue weighted by Crippen LogP contribution is 2.45. The molecule has 1 aliphatic carbocycles. The second-order valence-electron chi connectivity index (χ2n) is 5.10. The summed E-state index contributed by atoms with van der Waals surface area (Å²) < 4.78 is 0. The number of benzene rings is 2. The first-order valence-electron chi connectivity index (χ1n) is 6.64. The molecule has 3 rings (SSSR count). The van der Waals surface area contributed by atoms with E-state index in [2.05, 4.69) is 48.5 Å². The maximum atomic E-state index is 10.3. The van der Waals surface area contributed by atoms with Crippen molar-refractivity contribution in [2.75, 3.05) is 0 Å². The van der Waals surface area contributed by atoms with Gasteiger partial charge in [-0.15, -0.1) is 0 Å². The predicted octanol–water partition coefficient (Wildman–Crippen LogP) is 3.71. The van der Waals surface area contributed by atoms with E-state index in [1.54, 1.807) is 0 Å². The van der Waals surface area contributed by atoms with Crippen molar-refractivity contribution in [3.63, 3.8) is 0 Å². The second kappa shape index (κ2) is 4.95. The molecule has 1 unspecified atom stereocenters. The van der Waals surface area contributed by atoms with Crippen LogP contribution in [0.1, 0.15) is 35.8 Å². The van der Waals surface area contributed by atoms with Crippen LogP contribution >= 0.6 is 0 Å². The Bertz CT molecular complexity index is 492. The van der Waals surface area contributed by atoms with Crippen molar-refractivity contribution in [3.8, 4) is 0 Å². The summed E-state index contributed by atoms with van der Waals surface area (Å²) in [4.78, 5) is 0. The van der Waals surface area contributed by atoms with Gasteiger partial charge in [0, 0.05) is 5.92 Å². The van der Waals surface area contributed by atoms with Crippen LogP contribution in [0.4, 0.5) is 0 Å². The van der Waals surface area contributed by atoms with E-state index < -0.39 is 0 Å². The van der Waals surface area contributed by atoms with E-state index in [4.69, 9.17) is 0 Å². The van der Waals surface area contributed by atoms with Gasteiger partial charge in [-0.05, 0) is 29.9 Å². The van der Waals surface area contributed by atoms with Gasteiger partial charge in [0.15, 0.2) is 0 Å². The summed E-state index contributed by atoms with van der Waals surface area (Å²) in [6, 6.07) is 21.0. The summed E-state index contributed by atoms with van der Waals surface area (Å²) in [7, 11) is 0.